The molecule has 9 heteroatoms. The molecular weight excluding hydrogens is 448 g/mol. The Hall–Kier alpha value is -3.59. The number of urea groups is 1. The average Bonchev–Trinajstić information content (AvgIpc) is 2.90. The van der Waals surface area contributed by atoms with E-state index < -0.39 is 12.1 Å². The molecule has 2 aliphatic rings. The van der Waals surface area contributed by atoms with E-state index in [1.165, 1.54) is 4.90 Å². The molecule has 4 amide bonds. The molecule has 4 rings (SSSR count). The number of ether oxygens (including phenoxy) is 2. The van der Waals surface area contributed by atoms with Crippen LogP contribution in [0.3, 0.4) is 0 Å². The predicted octanol–water partition coefficient (Wildman–Crippen LogP) is 1.95. The maximum atomic E-state index is 13.4. The van der Waals surface area contributed by atoms with Crippen LogP contribution in [0.15, 0.2) is 48.5 Å². The number of carbonyl (C=O) groups excluding carboxylic acids is 3. The molecule has 2 fully saturated rings. The minimum absolute atomic E-state index is 0.0886. The van der Waals surface area contributed by atoms with Gasteiger partial charge in [0.15, 0.2) is 11.5 Å². The fraction of sp³-hybridized carbons (Fsp3) is 0.423. The lowest BCUT2D eigenvalue weighted by Gasteiger charge is -2.46. The summed E-state index contributed by atoms with van der Waals surface area (Å²) in [6, 6.07) is 13.9. The van der Waals surface area contributed by atoms with Gasteiger partial charge in [0, 0.05) is 13.1 Å². The van der Waals surface area contributed by atoms with Crippen LogP contribution >= 0.6 is 0 Å². The predicted molar refractivity (Wildman–Crippen MR) is 130 cm³/mol. The molecule has 9 nitrogen and oxygen atoms in total. The zero-order valence-corrected chi connectivity index (χ0v) is 20.2. The normalized spacial score (nSPS) is 19.8. The van der Waals surface area contributed by atoms with E-state index in [4.69, 9.17) is 9.47 Å². The number of benzene rings is 2. The number of carbonyl (C=O) groups is 3. The van der Waals surface area contributed by atoms with Gasteiger partial charge >= 0.3 is 6.03 Å². The van der Waals surface area contributed by atoms with Gasteiger partial charge in [0.2, 0.25) is 11.8 Å². The first kappa shape index (κ1) is 24.5. The molecule has 0 spiro atoms. The van der Waals surface area contributed by atoms with Crippen LogP contribution in [0.5, 0.6) is 11.5 Å². The van der Waals surface area contributed by atoms with Crippen molar-refractivity contribution in [3.8, 4) is 11.5 Å². The van der Waals surface area contributed by atoms with Crippen LogP contribution in [0.1, 0.15) is 24.0 Å². The van der Waals surface area contributed by atoms with E-state index in [2.05, 4.69) is 10.6 Å². The van der Waals surface area contributed by atoms with Crippen LogP contribution in [-0.4, -0.2) is 73.6 Å². The molecule has 2 atom stereocenters. The maximum absolute atomic E-state index is 13.4. The lowest BCUT2D eigenvalue weighted by Crippen LogP contribution is -2.70. The van der Waals surface area contributed by atoms with E-state index in [1.54, 1.807) is 25.2 Å². The highest BCUT2D eigenvalue weighted by atomic mass is 16.5. The van der Waals surface area contributed by atoms with Gasteiger partial charge in [0.05, 0.1) is 20.3 Å². The number of rotatable bonds is 9. The van der Waals surface area contributed by atoms with Gasteiger partial charge in [0.1, 0.15) is 12.6 Å². The zero-order valence-electron chi connectivity index (χ0n) is 20.2. The van der Waals surface area contributed by atoms with Crippen LogP contribution in [0.4, 0.5) is 4.79 Å². The van der Waals surface area contributed by atoms with Gasteiger partial charge in [-0.3, -0.25) is 14.5 Å². The third-order valence-corrected chi connectivity index (χ3v) is 6.55. The molecule has 2 aliphatic heterocycles. The van der Waals surface area contributed by atoms with Crippen molar-refractivity contribution in [2.24, 2.45) is 0 Å². The summed E-state index contributed by atoms with van der Waals surface area (Å²) in [5.41, 5.74) is 1.89. The second-order valence-electron chi connectivity index (χ2n) is 8.74. The molecule has 2 saturated heterocycles. The summed E-state index contributed by atoms with van der Waals surface area (Å²) in [4.78, 5) is 42.2. The quantitative estimate of drug-likeness (QED) is 0.569. The molecule has 2 unspecified atom stereocenters. The number of hydrogen-bond donors (Lipinski definition) is 2. The van der Waals surface area contributed by atoms with Crippen LogP contribution in [0, 0.1) is 0 Å². The van der Waals surface area contributed by atoms with Crippen LogP contribution in [0.2, 0.25) is 0 Å². The Morgan fingerprint density at radius 2 is 1.83 bits per heavy atom. The zero-order chi connectivity index (χ0) is 24.8. The van der Waals surface area contributed by atoms with Crippen LogP contribution in [0.25, 0.3) is 0 Å². The van der Waals surface area contributed by atoms with Gasteiger partial charge in [-0.25, -0.2) is 4.79 Å². The number of piperidine rings is 1. The third kappa shape index (κ3) is 5.57. The van der Waals surface area contributed by atoms with E-state index in [0.29, 0.717) is 37.4 Å². The van der Waals surface area contributed by atoms with Crippen LogP contribution in [-0.2, 0) is 22.6 Å². The molecule has 2 aromatic rings. The number of imide groups is 1. The number of nitrogens with one attached hydrogen (secondary N) is 2. The van der Waals surface area contributed by atoms with Crippen molar-refractivity contribution < 1.29 is 23.9 Å². The standard InChI is InChI=1S/C26H32N4O5/c1-34-21-11-10-18(15-22(21)35-2)12-14-29-25(32)24-20(9-6-13-27-24)30(26(29)33)17-23(31)28-16-19-7-4-3-5-8-19/h3-5,7-8,10-11,15,20,24,27H,6,9,12-14,16-17H2,1-2H3,(H,28,31). The molecule has 0 aromatic heterocycles. The molecule has 0 radical (unpaired) electrons. The summed E-state index contributed by atoms with van der Waals surface area (Å²) in [6.07, 6.45) is 1.99. The van der Waals surface area contributed by atoms with Crippen molar-refractivity contribution in [1.29, 1.82) is 0 Å². The summed E-state index contributed by atoms with van der Waals surface area (Å²) in [7, 11) is 3.13. The van der Waals surface area contributed by atoms with Gasteiger partial charge < -0.3 is 25.0 Å². The average molecular weight is 481 g/mol. The number of hydrogen-bond acceptors (Lipinski definition) is 6. The highest BCUT2D eigenvalue weighted by Gasteiger charge is 2.47. The number of amides is 4. The molecule has 186 valence electrons. The number of fused-ring (bicyclic) bond motifs is 1. The highest BCUT2D eigenvalue weighted by molar-refractivity contribution is 6.01. The second kappa shape index (κ2) is 11.2. The Kier molecular flexibility index (Phi) is 7.87. The molecular formula is C26H32N4O5. The first-order valence-corrected chi connectivity index (χ1v) is 11.9. The first-order chi connectivity index (χ1) is 17.0. The molecule has 35 heavy (non-hydrogen) atoms. The molecule has 0 aliphatic carbocycles. The van der Waals surface area contributed by atoms with Crippen LogP contribution < -0.4 is 20.1 Å². The van der Waals surface area contributed by atoms with Gasteiger partial charge in [0.25, 0.3) is 0 Å². The number of methoxy groups -OCH3 is 2. The summed E-state index contributed by atoms with van der Waals surface area (Å²) in [5, 5.41) is 6.15. The lowest BCUT2D eigenvalue weighted by atomic mass is 9.93. The Bertz CT molecular complexity index is 1060. The summed E-state index contributed by atoms with van der Waals surface area (Å²) in [6.45, 7) is 1.21. The topological polar surface area (TPSA) is 100 Å². The largest absolute Gasteiger partial charge is 0.493 e. The minimum Gasteiger partial charge on any atom is -0.493 e. The lowest BCUT2D eigenvalue weighted by molar-refractivity contribution is -0.138. The highest BCUT2D eigenvalue weighted by Crippen LogP contribution is 2.29. The van der Waals surface area contributed by atoms with Crippen molar-refractivity contribution in [3.05, 3.63) is 59.7 Å². The SMILES string of the molecule is COc1ccc(CCN2C(=O)C3NCCCC3N(CC(=O)NCc3ccccc3)C2=O)cc1OC. The van der Waals surface area contributed by atoms with E-state index in [0.717, 1.165) is 17.5 Å². The first-order valence-electron chi connectivity index (χ1n) is 11.9. The molecule has 0 bridgehead atoms. The Labute approximate surface area is 205 Å². The van der Waals surface area contributed by atoms with Gasteiger partial charge in [-0.1, -0.05) is 36.4 Å². The van der Waals surface area contributed by atoms with Gasteiger partial charge in [-0.05, 0) is 49.1 Å². The molecule has 2 aromatic carbocycles. The van der Waals surface area contributed by atoms with E-state index in [1.807, 2.05) is 42.5 Å². The van der Waals surface area contributed by atoms with E-state index in [9.17, 15) is 14.4 Å². The van der Waals surface area contributed by atoms with Crippen molar-refractivity contribution in [2.45, 2.75) is 37.9 Å². The fourth-order valence-corrected chi connectivity index (χ4v) is 4.69. The Morgan fingerprint density at radius 1 is 1.06 bits per heavy atom. The third-order valence-electron chi connectivity index (χ3n) is 6.55. The molecule has 2 N–H and O–H groups in total. The Morgan fingerprint density at radius 3 is 2.57 bits per heavy atom. The molecule has 0 saturated carbocycles. The van der Waals surface area contributed by atoms with Crippen molar-refractivity contribution in [1.82, 2.24) is 20.4 Å². The smallest absolute Gasteiger partial charge is 0.327 e. The van der Waals surface area contributed by atoms with Crippen molar-refractivity contribution >= 4 is 17.8 Å². The Balaban J connectivity index is 1.45. The summed E-state index contributed by atoms with van der Waals surface area (Å²) < 4.78 is 10.6. The van der Waals surface area contributed by atoms with Crippen molar-refractivity contribution in [3.63, 3.8) is 0 Å². The van der Waals surface area contributed by atoms with E-state index in [-0.39, 0.29) is 30.9 Å². The van der Waals surface area contributed by atoms with Gasteiger partial charge in [-0.15, -0.1) is 0 Å². The molecule has 2 heterocycles. The van der Waals surface area contributed by atoms with Gasteiger partial charge in [-0.2, -0.15) is 0 Å². The van der Waals surface area contributed by atoms with Crippen molar-refractivity contribution in [2.75, 3.05) is 33.9 Å². The number of nitrogens with zero attached hydrogens (tertiary/aromatic N) is 2. The maximum Gasteiger partial charge on any atom is 0.327 e. The van der Waals surface area contributed by atoms with E-state index >= 15 is 0 Å². The minimum atomic E-state index is -0.506. The summed E-state index contributed by atoms with van der Waals surface area (Å²) >= 11 is 0. The second-order valence-corrected chi connectivity index (χ2v) is 8.74. The summed E-state index contributed by atoms with van der Waals surface area (Å²) in [5.74, 6) is 0.720. The monoisotopic (exact) mass is 480 g/mol. The fourth-order valence-electron chi connectivity index (χ4n) is 4.69.